The summed E-state index contributed by atoms with van der Waals surface area (Å²) in [5, 5.41) is 8.57. The van der Waals surface area contributed by atoms with Crippen molar-refractivity contribution in [2.45, 2.75) is 58.3 Å². The normalized spacial score (nSPS) is 17.2. The number of piperidine rings is 1. The van der Waals surface area contributed by atoms with Crippen LogP contribution in [-0.2, 0) is 0 Å². The van der Waals surface area contributed by atoms with E-state index in [9.17, 15) is 9.18 Å². The highest BCUT2D eigenvalue weighted by molar-refractivity contribution is 6.05. The fourth-order valence-corrected chi connectivity index (χ4v) is 3.67. The summed E-state index contributed by atoms with van der Waals surface area (Å²) in [6, 6.07) is 8.14. The summed E-state index contributed by atoms with van der Waals surface area (Å²) >= 11 is 0. The van der Waals surface area contributed by atoms with Crippen LogP contribution in [-0.4, -0.2) is 51.9 Å². The zero-order valence-corrected chi connectivity index (χ0v) is 16.1. The number of rotatable bonds is 5. The van der Waals surface area contributed by atoms with Crippen LogP contribution in [0.3, 0.4) is 0 Å². The molecule has 2 heterocycles. The Labute approximate surface area is 154 Å². The van der Waals surface area contributed by atoms with Gasteiger partial charge in [-0.25, -0.2) is 4.39 Å². The van der Waals surface area contributed by atoms with Crippen LogP contribution in [0.1, 0.15) is 57.1 Å². The van der Waals surface area contributed by atoms with Crippen LogP contribution in [0.2, 0.25) is 0 Å². The summed E-state index contributed by atoms with van der Waals surface area (Å²) < 4.78 is 15.7. The molecule has 2 aromatic rings. The fraction of sp³-hybridized carbons (Fsp3) is 0.600. The van der Waals surface area contributed by atoms with Gasteiger partial charge in [0.25, 0.3) is 5.91 Å². The number of benzene rings is 1. The number of fused-ring (bicyclic) bond motifs is 1. The molecule has 0 radical (unpaired) electrons. The van der Waals surface area contributed by atoms with Gasteiger partial charge in [-0.3, -0.25) is 9.48 Å². The van der Waals surface area contributed by atoms with Crippen LogP contribution in [0.15, 0.2) is 24.3 Å². The summed E-state index contributed by atoms with van der Waals surface area (Å²) in [6.07, 6.45) is 1.68. The monoisotopic (exact) mass is 360 g/mol. The molecule has 142 valence electrons. The second-order valence-corrected chi connectivity index (χ2v) is 8.15. The molecule has 26 heavy (non-hydrogen) atoms. The molecular formula is C20H29FN4O. The summed E-state index contributed by atoms with van der Waals surface area (Å²) in [5.74, 6) is -0.120. The number of hydrogen-bond acceptors (Lipinski definition) is 3. The molecule has 1 aromatic carbocycles. The maximum atomic E-state index is 13.8. The third-order valence-electron chi connectivity index (χ3n) is 4.84. The Morgan fingerprint density at radius 2 is 1.96 bits per heavy atom. The summed E-state index contributed by atoms with van der Waals surface area (Å²) in [5.41, 5.74) is 0.285. The van der Waals surface area contributed by atoms with Gasteiger partial charge in [0.1, 0.15) is 5.67 Å². The SMILES string of the molecule is CC(C)n1nc(C(=O)NC2CCN(CC(C)(C)F)CC2)c2ccccc21. The zero-order valence-electron chi connectivity index (χ0n) is 16.1. The minimum absolute atomic E-state index is 0.115. The lowest BCUT2D eigenvalue weighted by molar-refractivity contribution is 0.0843. The smallest absolute Gasteiger partial charge is 0.272 e. The first kappa shape index (κ1) is 18.8. The van der Waals surface area contributed by atoms with Crippen LogP contribution >= 0.6 is 0 Å². The number of likely N-dealkylation sites (tertiary alicyclic amines) is 1. The van der Waals surface area contributed by atoms with E-state index < -0.39 is 5.67 Å². The van der Waals surface area contributed by atoms with Gasteiger partial charge in [0.05, 0.1) is 5.52 Å². The molecule has 1 aliphatic rings. The van der Waals surface area contributed by atoms with E-state index in [1.54, 1.807) is 13.8 Å². The molecule has 1 amide bonds. The van der Waals surface area contributed by atoms with Gasteiger partial charge in [-0.2, -0.15) is 5.10 Å². The van der Waals surface area contributed by atoms with Crippen LogP contribution in [0.4, 0.5) is 4.39 Å². The summed E-state index contributed by atoms with van der Waals surface area (Å²) in [7, 11) is 0. The third-order valence-corrected chi connectivity index (χ3v) is 4.84. The van der Waals surface area contributed by atoms with E-state index >= 15 is 0 Å². The Balaban J connectivity index is 1.67. The molecule has 1 N–H and O–H groups in total. The number of nitrogens with zero attached hydrogens (tertiary/aromatic N) is 3. The molecule has 0 spiro atoms. The first-order valence-corrected chi connectivity index (χ1v) is 9.44. The molecule has 0 aliphatic carbocycles. The van der Waals surface area contributed by atoms with E-state index in [1.807, 2.05) is 28.9 Å². The molecule has 1 aliphatic heterocycles. The lowest BCUT2D eigenvalue weighted by Crippen LogP contribution is -2.47. The van der Waals surface area contributed by atoms with Gasteiger partial charge in [-0.15, -0.1) is 0 Å². The van der Waals surface area contributed by atoms with Gasteiger partial charge >= 0.3 is 0 Å². The average Bonchev–Trinajstić information content (AvgIpc) is 2.95. The van der Waals surface area contributed by atoms with Crippen LogP contribution < -0.4 is 5.32 Å². The van der Waals surface area contributed by atoms with Gasteiger partial charge in [-0.1, -0.05) is 18.2 Å². The highest BCUT2D eigenvalue weighted by Gasteiger charge is 2.27. The lowest BCUT2D eigenvalue weighted by atomic mass is 10.0. The van der Waals surface area contributed by atoms with Crippen molar-refractivity contribution in [3.05, 3.63) is 30.0 Å². The number of hydrogen-bond donors (Lipinski definition) is 1. The Bertz CT molecular complexity index is 770. The Kier molecular flexibility index (Phi) is 5.32. The van der Waals surface area contributed by atoms with Crippen molar-refractivity contribution < 1.29 is 9.18 Å². The zero-order chi connectivity index (χ0) is 18.9. The first-order chi connectivity index (χ1) is 12.2. The molecule has 0 saturated carbocycles. The minimum atomic E-state index is -1.18. The molecule has 3 rings (SSSR count). The molecule has 0 unspecified atom stereocenters. The number of amides is 1. The lowest BCUT2D eigenvalue weighted by Gasteiger charge is -2.34. The molecule has 5 nitrogen and oxygen atoms in total. The van der Waals surface area contributed by atoms with Crippen LogP contribution in [0.25, 0.3) is 10.9 Å². The molecular weight excluding hydrogens is 331 g/mol. The summed E-state index contributed by atoms with van der Waals surface area (Å²) in [4.78, 5) is 14.9. The number of halogens is 1. The van der Waals surface area contributed by atoms with Gasteiger partial charge in [0.2, 0.25) is 0 Å². The van der Waals surface area contributed by atoms with E-state index in [4.69, 9.17) is 0 Å². The van der Waals surface area contributed by atoms with Crippen molar-refractivity contribution in [2.24, 2.45) is 0 Å². The number of aromatic nitrogens is 2. The highest BCUT2D eigenvalue weighted by atomic mass is 19.1. The Morgan fingerprint density at radius 3 is 2.58 bits per heavy atom. The van der Waals surface area contributed by atoms with E-state index in [1.165, 1.54) is 0 Å². The molecule has 6 heteroatoms. The van der Waals surface area contributed by atoms with Crippen LogP contribution in [0, 0.1) is 0 Å². The van der Waals surface area contributed by atoms with E-state index in [0.29, 0.717) is 12.2 Å². The van der Waals surface area contributed by atoms with Crippen molar-refractivity contribution >= 4 is 16.8 Å². The molecule has 1 saturated heterocycles. The van der Waals surface area contributed by atoms with E-state index in [-0.39, 0.29) is 18.0 Å². The number of carbonyl (C=O) groups is 1. The second-order valence-electron chi connectivity index (χ2n) is 8.15. The van der Waals surface area contributed by atoms with Crippen molar-refractivity contribution in [2.75, 3.05) is 19.6 Å². The van der Waals surface area contributed by atoms with Gasteiger partial charge < -0.3 is 10.2 Å². The van der Waals surface area contributed by atoms with Crippen molar-refractivity contribution in [3.8, 4) is 0 Å². The Hall–Kier alpha value is -1.95. The molecule has 1 fully saturated rings. The fourth-order valence-electron chi connectivity index (χ4n) is 3.67. The number of para-hydroxylation sites is 1. The number of carbonyl (C=O) groups excluding carboxylic acids is 1. The number of alkyl halides is 1. The van der Waals surface area contributed by atoms with Gasteiger partial charge in [0.15, 0.2) is 5.69 Å². The third kappa shape index (κ3) is 4.23. The minimum Gasteiger partial charge on any atom is -0.348 e. The Morgan fingerprint density at radius 1 is 1.31 bits per heavy atom. The first-order valence-electron chi connectivity index (χ1n) is 9.44. The van der Waals surface area contributed by atoms with Crippen molar-refractivity contribution in [1.29, 1.82) is 0 Å². The average molecular weight is 360 g/mol. The maximum Gasteiger partial charge on any atom is 0.272 e. The van der Waals surface area contributed by atoms with Crippen molar-refractivity contribution in [3.63, 3.8) is 0 Å². The quantitative estimate of drug-likeness (QED) is 0.887. The molecule has 0 bridgehead atoms. The second kappa shape index (κ2) is 7.35. The van der Waals surface area contributed by atoms with Gasteiger partial charge in [-0.05, 0) is 46.6 Å². The van der Waals surface area contributed by atoms with E-state index in [0.717, 1.165) is 36.8 Å². The molecule has 1 aromatic heterocycles. The topological polar surface area (TPSA) is 50.2 Å². The van der Waals surface area contributed by atoms with Gasteiger partial charge in [0, 0.05) is 37.1 Å². The standard InChI is InChI=1S/C20H29FN4O/c1-14(2)25-17-8-6-5-7-16(17)18(23-25)19(26)22-15-9-11-24(12-10-15)13-20(3,4)21/h5-8,14-15H,9-13H2,1-4H3,(H,22,26). The maximum absolute atomic E-state index is 13.8. The largest absolute Gasteiger partial charge is 0.348 e. The highest BCUT2D eigenvalue weighted by Crippen LogP contribution is 2.22. The molecule has 0 atom stereocenters. The number of nitrogens with one attached hydrogen (secondary N) is 1. The predicted molar refractivity (Wildman–Crippen MR) is 102 cm³/mol. The summed E-state index contributed by atoms with van der Waals surface area (Å²) in [6.45, 7) is 9.39. The van der Waals surface area contributed by atoms with Crippen LogP contribution in [0.5, 0.6) is 0 Å². The predicted octanol–water partition coefficient (Wildman–Crippen LogP) is 3.56. The van der Waals surface area contributed by atoms with E-state index in [2.05, 4.69) is 29.2 Å². The van der Waals surface area contributed by atoms with Crippen molar-refractivity contribution in [1.82, 2.24) is 20.0 Å².